The fourth-order valence-corrected chi connectivity index (χ4v) is 1.22. The molecule has 5 heteroatoms. The maximum atomic E-state index is 11.7. The first-order valence-electron chi connectivity index (χ1n) is 5.09. The molecule has 0 spiro atoms. The summed E-state index contributed by atoms with van der Waals surface area (Å²) in [4.78, 5) is 24.1. The number of methoxy groups -OCH3 is 1. The summed E-state index contributed by atoms with van der Waals surface area (Å²) >= 11 is 0. The number of hydrogen-bond donors (Lipinski definition) is 1. The molecule has 0 heterocycles. The summed E-state index contributed by atoms with van der Waals surface area (Å²) in [5.74, 6) is -1.61. The van der Waals surface area contributed by atoms with Gasteiger partial charge in [-0.1, -0.05) is 6.92 Å². The van der Waals surface area contributed by atoms with Crippen LogP contribution in [0.15, 0.2) is 11.8 Å². The summed E-state index contributed by atoms with van der Waals surface area (Å²) in [6.45, 7) is 1.89. The monoisotopic (exact) mass is 229 g/mol. The van der Waals surface area contributed by atoms with Crippen molar-refractivity contribution in [2.45, 2.75) is 25.9 Å². The number of carboxylic acid groups (broad SMARTS) is 1. The number of Topliss-reactive ketones (excluding diaryl/α,β-unsaturated/α-hetero) is 1. The molecule has 1 atom stereocenters. The topological polar surface area (TPSA) is 66.8 Å². The van der Waals surface area contributed by atoms with Crippen LogP contribution in [0, 0.1) is 0 Å². The largest absolute Gasteiger partial charge is 0.478 e. The molecular weight excluding hydrogens is 210 g/mol. The lowest BCUT2D eigenvalue weighted by Gasteiger charge is -2.13. The van der Waals surface area contributed by atoms with E-state index in [4.69, 9.17) is 9.84 Å². The molecule has 16 heavy (non-hydrogen) atoms. The highest BCUT2D eigenvalue weighted by Gasteiger charge is 2.20. The maximum Gasteiger partial charge on any atom is 0.340 e. The van der Waals surface area contributed by atoms with Gasteiger partial charge in [0.25, 0.3) is 0 Å². The minimum Gasteiger partial charge on any atom is -0.478 e. The van der Waals surface area contributed by atoms with Gasteiger partial charge in [0.05, 0.1) is 6.10 Å². The number of carbonyl (C=O) groups is 2. The molecule has 0 fully saturated rings. The fraction of sp³-hybridized carbons (Fsp3) is 0.636. The van der Waals surface area contributed by atoms with E-state index in [0.29, 0.717) is 6.42 Å². The van der Waals surface area contributed by atoms with Crippen molar-refractivity contribution in [3.63, 3.8) is 0 Å². The second-order valence-electron chi connectivity index (χ2n) is 3.70. The average Bonchev–Trinajstić information content (AvgIpc) is 2.21. The van der Waals surface area contributed by atoms with Crippen LogP contribution in [0.3, 0.4) is 0 Å². The zero-order chi connectivity index (χ0) is 12.7. The zero-order valence-corrected chi connectivity index (χ0v) is 10.2. The second kappa shape index (κ2) is 7.00. The fourth-order valence-electron chi connectivity index (χ4n) is 1.22. The first-order chi connectivity index (χ1) is 7.42. The van der Waals surface area contributed by atoms with Gasteiger partial charge in [-0.2, -0.15) is 0 Å². The molecule has 0 amide bonds. The quantitative estimate of drug-likeness (QED) is 0.399. The second-order valence-corrected chi connectivity index (χ2v) is 3.70. The first kappa shape index (κ1) is 14.6. The van der Waals surface area contributed by atoms with Crippen molar-refractivity contribution in [3.8, 4) is 0 Å². The number of ketones is 1. The van der Waals surface area contributed by atoms with Crippen LogP contribution in [0.5, 0.6) is 0 Å². The van der Waals surface area contributed by atoms with Crippen molar-refractivity contribution in [1.82, 2.24) is 4.90 Å². The van der Waals surface area contributed by atoms with Crippen LogP contribution in [-0.2, 0) is 14.3 Å². The molecule has 0 aliphatic rings. The summed E-state index contributed by atoms with van der Waals surface area (Å²) in [6.07, 6.45) is 1.86. The molecule has 0 saturated carbocycles. The van der Waals surface area contributed by atoms with Crippen LogP contribution in [0.1, 0.15) is 19.8 Å². The molecule has 0 aromatic heterocycles. The Morgan fingerprint density at radius 1 is 1.44 bits per heavy atom. The van der Waals surface area contributed by atoms with Gasteiger partial charge in [-0.05, 0) is 6.42 Å². The SMILES string of the molecule is CCC(CC(=O)C(=CN(C)C)C(=O)O)OC. The van der Waals surface area contributed by atoms with Gasteiger partial charge < -0.3 is 14.7 Å². The van der Waals surface area contributed by atoms with E-state index < -0.39 is 11.8 Å². The summed E-state index contributed by atoms with van der Waals surface area (Å²) in [6, 6.07) is 0. The number of carbonyl (C=O) groups excluding carboxylic acids is 1. The van der Waals surface area contributed by atoms with Crippen LogP contribution in [0.2, 0.25) is 0 Å². The van der Waals surface area contributed by atoms with E-state index >= 15 is 0 Å². The van der Waals surface area contributed by atoms with Crippen molar-refractivity contribution >= 4 is 11.8 Å². The molecule has 0 bridgehead atoms. The Hall–Kier alpha value is -1.36. The van der Waals surface area contributed by atoms with Gasteiger partial charge in [0, 0.05) is 33.8 Å². The number of aliphatic carboxylic acids is 1. The Morgan fingerprint density at radius 3 is 2.31 bits per heavy atom. The van der Waals surface area contributed by atoms with E-state index in [-0.39, 0.29) is 18.1 Å². The minimum absolute atomic E-state index is 0.0962. The average molecular weight is 229 g/mol. The highest BCUT2D eigenvalue weighted by Crippen LogP contribution is 2.09. The molecule has 0 aromatic carbocycles. The predicted molar refractivity (Wildman–Crippen MR) is 60.1 cm³/mol. The van der Waals surface area contributed by atoms with Crippen molar-refractivity contribution in [1.29, 1.82) is 0 Å². The van der Waals surface area contributed by atoms with Crippen LogP contribution < -0.4 is 0 Å². The van der Waals surface area contributed by atoms with Gasteiger partial charge in [0.1, 0.15) is 5.57 Å². The summed E-state index contributed by atoms with van der Waals surface area (Å²) in [5, 5.41) is 8.89. The molecule has 0 aliphatic heterocycles. The van der Waals surface area contributed by atoms with E-state index in [2.05, 4.69) is 0 Å². The standard InChI is InChI=1S/C11H19NO4/c1-5-8(16-4)6-10(13)9(11(14)15)7-12(2)3/h7-8H,5-6H2,1-4H3,(H,14,15). The highest BCUT2D eigenvalue weighted by atomic mass is 16.5. The van der Waals surface area contributed by atoms with E-state index in [1.807, 2.05) is 6.92 Å². The van der Waals surface area contributed by atoms with Gasteiger partial charge in [-0.15, -0.1) is 0 Å². The predicted octanol–water partition coefficient (Wildman–Crippen LogP) is 0.901. The Bertz CT molecular complexity index is 280. The van der Waals surface area contributed by atoms with Gasteiger partial charge in [-0.25, -0.2) is 4.79 Å². The first-order valence-corrected chi connectivity index (χ1v) is 5.09. The zero-order valence-electron chi connectivity index (χ0n) is 10.2. The molecule has 0 rings (SSSR count). The van der Waals surface area contributed by atoms with Crippen molar-refractivity contribution < 1.29 is 19.4 Å². The Kier molecular flexibility index (Phi) is 6.41. The highest BCUT2D eigenvalue weighted by molar-refractivity contribution is 6.16. The molecule has 0 radical (unpaired) electrons. The van der Waals surface area contributed by atoms with Crippen molar-refractivity contribution in [2.75, 3.05) is 21.2 Å². The van der Waals surface area contributed by atoms with Crippen LogP contribution >= 0.6 is 0 Å². The normalized spacial score (nSPS) is 13.4. The number of ether oxygens (including phenoxy) is 1. The molecule has 0 aromatic rings. The molecule has 92 valence electrons. The van der Waals surface area contributed by atoms with Crippen molar-refractivity contribution in [3.05, 3.63) is 11.8 Å². The van der Waals surface area contributed by atoms with E-state index in [0.717, 1.165) is 0 Å². The maximum absolute atomic E-state index is 11.7. The molecule has 5 nitrogen and oxygen atoms in total. The Labute approximate surface area is 95.7 Å². The molecule has 0 aliphatic carbocycles. The van der Waals surface area contributed by atoms with Gasteiger partial charge >= 0.3 is 5.97 Å². The van der Waals surface area contributed by atoms with Crippen LogP contribution in [-0.4, -0.2) is 49.1 Å². The van der Waals surface area contributed by atoms with E-state index in [1.54, 1.807) is 14.1 Å². The molecular formula is C11H19NO4. The van der Waals surface area contributed by atoms with Crippen LogP contribution in [0.4, 0.5) is 0 Å². The molecule has 1 unspecified atom stereocenters. The third-order valence-corrected chi connectivity index (χ3v) is 2.12. The van der Waals surface area contributed by atoms with E-state index in [9.17, 15) is 9.59 Å². The van der Waals surface area contributed by atoms with Crippen LogP contribution in [0.25, 0.3) is 0 Å². The third kappa shape index (κ3) is 4.93. The van der Waals surface area contributed by atoms with Gasteiger partial charge in [0.2, 0.25) is 0 Å². The lowest BCUT2D eigenvalue weighted by atomic mass is 10.0. The number of carboxylic acids is 1. The number of nitrogens with zero attached hydrogens (tertiary/aromatic N) is 1. The Balaban J connectivity index is 4.70. The minimum atomic E-state index is -1.20. The number of hydrogen-bond acceptors (Lipinski definition) is 4. The van der Waals surface area contributed by atoms with E-state index in [1.165, 1.54) is 18.2 Å². The van der Waals surface area contributed by atoms with Gasteiger partial charge in [0.15, 0.2) is 5.78 Å². The molecule has 1 N–H and O–H groups in total. The molecule has 0 saturated heterocycles. The lowest BCUT2D eigenvalue weighted by molar-refractivity contribution is -0.135. The summed E-state index contributed by atoms with van der Waals surface area (Å²) in [7, 11) is 4.85. The van der Waals surface area contributed by atoms with Gasteiger partial charge in [-0.3, -0.25) is 4.79 Å². The number of rotatable bonds is 7. The lowest BCUT2D eigenvalue weighted by Crippen LogP contribution is -2.22. The third-order valence-electron chi connectivity index (χ3n) is 2.12. The smallest absolute Gasteiger partial charge is 0.340 e. The summed E-state index contributed by atoms with van der Waals surface area (Å²) in [5.41, 5.74) is -0.208. The Morgan fingerprint density at radius 2 is 2.00 bits per heavy atom. The van der Waals surface area contributed by atoms with Crippen molar-refractivity contribution in [2.24, 2.45) is 0 Å². The summed E-state index contributed by atoms with van der Waals surface area (Å²) < 4.78 is 5.05.